The minimum absolute atomic E-state index is 0.0621. The molecule has 1 aliphatic heterocycles. The summed E-state index contributed by atoms with van der Waals surface area (Å²) in [5, 5.41) is 4.95. The molecule has 150 valence electrons. The number of pyridine rings is 1. The third kappa shape index (κ3) is 4.01. The molecule has 1 amide bonds. The van der Waals surface area contributed by atoms with Gasteiger partial charge in [0.1, 0.15) is 11.6 Å². The van der Waals surface area contributed by atoms with Gasteiger partial charge in [0.05, 0.1) is 5.69 Å². The van der Waals surface area contributed by atoms with Gasteiger partial charge in [0, 0.05) is 49.9 Å². The summed E-state index contributed by atoms with van der Waals surface area (Å²) >= 11 is 0. The Labute approximate surface area is 170 Å². The zero-order chi connectivity index (χ0) is 20.2. The van der Waals surface area contributed by atoms with Crippen LogP contribution in [0.25, 0.3) is 10.8 Å². The molecule has 4 rings (SSSR count). The lowest BCUT2D eigenvalue weighted by Crippen LogP contribution is -2.47. The van der Waals surface area contributed by atoms with Crippen molar-refractivity contribution in [2.75, 3.05) is 42.5 Å². The number of carbonyl (C=O) groups excluding carboxylic acids is 1. The number of fused-ring (bicyclic) bond motifs is 1. The zero-order valence-electron chi connectivity index (χ0n) is 16.6. The lowest BCUT2D eigenvalue weighted by Gasteiger charge is -2.37. The van der Waals surface area contributed by atoms with E-state index in [2.05, 4.69) is 20.1 Å². The normalized spacial score (nSPS) is 14.3. The number of benzene rings is 2. The van der Waals surface area contributed by atoms with E-state index in [4.69, 9.17) is 0 Å². The van der Waals surface area contributed by atoms with Crippen molar-refractivity contribution in [2.24, 2.45) is 0 Å². The van der Waals surface area contributed by atoms with Gasteiger partial charge in [0.15, 0.2) is 0 Å². The average Bonchev–Trinajstić information content (AvgIpc) is 2.77. The van der Waals surface area contributed by atoms with Crippen LogP contribution in [-0.2, 0) is 0 Å². The van der Waals surface area contributed by atoms with Crippen molar-refractivity contribution in [3.63, 3.8) is 0 Å². The highest BCUT2D eigenvalue weighted by Gasteiger charge is 2.21. The third-order valence-electron chi connectivity index (χ3n) is 5.32. The van der Waals surface area contributed by atoms with Crippen molar-refractivity contribution in [1.29, 1.82) is 0 Å². The van der Waals surface area contributed by atoms with Crippen LogP contribution in [0.3, 0.4) is 0 Å². The van der Waals surface area contributed by atoms with Gasteiger partial charge in [-0.25, -0.2) is 9.37 Å². The number of hydrogen-bond donors (Lipinski definition) is 1. The van der Waals surface area contributed by atoms with Gasteiger partial charge in [-0.2, -0.15) is 0 Å². The van der Waals surface area contributed by atoms with Crippen molar-refractivity contribution >= 4 is 28.2 Å². The van der Waals surface area contributed by atoms with E-state index < -0.39 is 0 Å². The van der Waals surface area contributed by atoms with Crippen LogP contribution in [-0.4, -0.2) is 43.6 Å². The summed E-state index contributed by atoms with van der Waals surface area (Å²) in [6, 6.07) is 14.6. The average molecular weight is 392 g/mol. The van der Waals surface area contributed by atoms with Gasteiger partial charge in [-0.3, -0.25) is 4.79 Å². The van der Waals surface area contributed by atoms with Gasteiger partial charge >= 0.3 is 0 Å². The Kier molecular flexibility index (Phi) is 5.60. The number of nitrogens with zero attached hydrogens (tertiary/aromatic N) is 3. The minimum Gasteiger partial charge on any atom is -0.366 e. The van der Waals surface area contributed by atoms with Gasteiger partial charge in [-0.15, -0.1) is 0 Å². The zero-order valence-corrected chi connectivity index (χ0v) is 16.6. The number of amides is 1. The summed E-state index contributed by atoms with van der Waals surface area (Å²) in [6.07, 6.45) is 2.70. The standard InChI is InChI=1S/C23H25FN4O/c1-2-10-26-23(29)18-8-7-17-9-11-25-22(19(17)16-18)28-14-12-27(13-15-28)21-6-4-3-5-20(21)24/h3-9,11,16H,2,10,12-15H2,1H3,(H,26,29). The van der Waals surface area contributed by atoms with Gasteiger partial charge in [0.25, 0.3) is 5.91 Å². The van der Waals surface area contributed by atoms with Gasteiger partial charge in [-0.05, 0) is 42.1 Å². The summed E-state index contributed by atoms with van der Waals surface area (Å²) in [5.41, 5.74) is 1.29. The Morgan fingerprint density at radius 2 is 1.83 bits per heavy atom. The van der Waals surface area contributed by atoms with Crippen LogP contribution in [0.5, 0.6) is 0 Å². The van der Waals surface area contributed by atoms with E-state index in [0.717, 1.165) is 49.2 Å². The molecule has 29 heavy (non-hydrogen) atoms. The Bertz CT molecular complexity index is 1010. The van der Waals surface area contributed by atoms with E-state index in [1.807, 2.05) is 43.3 Å². The second-order valence-electron chi connectivity index (χ2n) is 7.25. The van der Waals surface area contributed by atoms with Crippen LogP contribution in [0, 0.1) is 5.82 Å². The fourth-order valence-electron chi connectivity index (χ4n) is 3.75. The molecule has 1 saturated heterocycles. The molecule has 0 unspecified atom stereocenters. The molecule has 0 aliphatic carbocycles. The predicted octanol–water partition coefficient (Wildman–Crippen LogP) is 3.84. The molecule has 2 aromatic carbocycles. The molecule has 0 atom stereocenters. The topological polar surface area (TPSA) is 48.5 Å². The second kappa shape index (κ2) is 8.47. The number of hydrogen-bond acceptors (Lipinski definition) is 4. The van der Waals surface area contributed by atoms with Crippen LogP contribution >= 0.6 is 0 Å². The van der Waals surface area contributed by atoms with Crippen molar-refractivity contribution in [2.45, 2.75) is 13.3 Å². The first kappa shape index (κ1) is 19.2. The third-order valence-corrected chi connectivity index (χ3v) is 5.32. The fraction of sp³-hybridized carbons (Fsp3) is 0.304. The van der Waals surface area contributed by atoms with E-state index in [1.54, 1.807) is 12.3 Å². The van der Waals surface area contributed by atoms with E-state index >= 15 is 0 Å². The van der Waals surface area contributed by atoms with E-state index in [9.17, 15) is 9.18 Å². The molecule has 3 aromatic rings. The van der Waals surface area contributed by atoms with Crippen LogP contribution < -0.4 is 15.1 Å². The minimum atomic E-state index is -0.188. The highest BCUT2D eigenvalue weighted by molar-refractivity contribution is 6.01. The number of carbonyl (C=O) groups is 1. The molecule has 1 aliphatic rings. The lowest BCUT2D eigenvalue weighted by atomic mass is 10.1. The summed E-state index contributed by atoms with van der Waals surface area (Å²) in [6.45, 7) is 5.61. The summed E-state index contributed by atoms with van der Waals surface area (Å²) in [5.74, 6) is 0.626. The van der Waals surface area contributed by atoms with Crippen molar-refractivity contribution in [1.82, 2.24) is 10.3 Å². The molecule has 0 spiro atoms. The van der Waals surface area contributed by atoms with Crippen molar-refractivity contribution in [3.05, 3.63) is 66.1 Å². The first-order valence-corrected chi connectivity index (χ1v) is 10.1. The first-order chi connectivity index (χ1) is 14.2. The second-order valence-corrected chi connectivity index (χ2v) is 7.25. The van der Waals surface area contributed by atoms with Crippen LogP contribution in [0.1, 0.15) is 23.7 Å². The fourth-order valence-corrected chi connectivity index (χ4v) is 3.75. The highest BCUT2D eigenvalue weighted by atomic mass is 19.1. The van der Waals surface area contributed by atoms with Crippen LogP contribution in [0.4, 0.5) is 15.9 Å². The van der Waals surface area contributed by atoms with Crippen LogP contribution in [0.15, 0.2) is 54.7 Å². The Morgan fingerprint density at radius 3 is 2.59 bits per heavy atom. The number of piperazine rings is 1. The molecule has 1 aromatic heterocycles. The van der Waals surface area contributed by atoms with E-state index in [1.165, 1.54) is 6.07 Å². The largest absolute Gasteiger partial charge is 0.366 e. The summed E-state index contributed by atoms with van der Waals surface area (Å²) in [7, 11) is 0. The summed E-state index contributed by atoms with van der Waals surface area (Å²) < 4.78 is 14.1. The Hall–Kier alpha value is -3.15. The number of nitrogens with one attached hydrogen (secondary N) is 1. The molecule has 0 saturated carbocycles. The predicted molar refractivity (Wildman–Crippen MR) is 115 cm³/mol. The van der Waals surface area contributed by atoms with Crippen molar-refractivity contribution < 1.29 is 9.18 Å². The molecule has 0 bridgehead atoms. The van der Waals surface area contributed by atoms with Crippen molar-refractivity contribution in [3.8, 4) is 0 Å². The van der Waals surface area contributed by atoms with Gasteiger partial charge < -0.3 is 15.1 Å². The monoisotopic (exact) mass is 392 g/mol. The highest BCUT2D eigenvalue weighted by Crippen LogP contribution is 2.28. The molecular weight excluding hydrogens is 367 g/mol. The molecule has 6 heteroatoms. The molecule has 1 fully saturated rings. The smallest absolute Gasteiger partial charge is 0.251 e. The maximum Gasteiger partial charge on any atom is 0.251 e. The van der Waals surface area contributed by atoms with Crippen LogP contribution in [0.2, 0.25) is 0 Å². The molecule has 5 nitrogen and oxygen atoms in total. The Morgan fingerprint density at radius 1 is 1.07 bits per heavy atom. The quantitative estimate of drug-likeness (QED) is 0.717. The molecule has 0 radical (unpaired) electrons. The maximum atomic E-state index is 14.1. The lowest BCUT2D eigenvalue weighted by molar-refractivity contribution is 0.0954. The number of rotatable bonds is 5. The number of para-hydroxylation sites is 1. The first-order valence-electron chi connectivity index (χ1n) is 10.1. The van der Waals surface area contributed by atoms with E-state index in [-0.39, 0.29) is 11.7 Å². The van der Waals surface area contributed by atoms with Gasteiger partial charge in [0.2, 0.25) is 0 Å². The molecular formula is C23H25FN4O. The number of halogens is 1. The van der Waals surface area contributed by atoms with Gasteiger partial charge in [-0.1, -0.05) is 25.1 Å². The SMILES string of the molecule is CCCNC(=O)c1ccc2ccnc(N3CCN(c4ccccc4F)CC3)c2c1. The molecule has 2 heterocycles. The maximum absolute atomic E-state index is 14.1. The number of anilines is 2. The van der Waals surface area contributed by atoms with E-state index in [0.29, 0.717) is 17.8 Å². The summed E-state index contributed by atoms with van der Waals surface area (Å²) in [4.78, 5) is 21.3. The molecule has 1 N–H and O–H groups in total. The Balaban J connectivity index is 1.56. The number of aromatic nitrogens is 1.